The molecule has 0 spiro atoms. The normalized spacial score (nSPS) is 10.8. The monoisotopic (exact) mass is 236 g/mol. The zero-order valence-electron chi connectivity index (χ0n) is 9.49. The lowest BCUT2D eigenvalue weighted by Gasteiger charge is -2.09. The molecular formula is C10H12N4O3. The second-order valence-corrected chi connectivity index (χ2v) is 3.64. The first kappa shape index (κ1) is 11.5. The van der Waals surface area contributed by atoms with Crippen molar-refractivity contribution in [3.05, 3.63) is 39.8 Å². The summed E-state index contributed by atoms with van der Waals surface area (Å²) < 4.78 is 2.30. The molecule has 0 radical (unpaired) electrons. The Balaban J connectivity index is 2.63. The van der Waals surface area contributed by atoms with Gasteiger partial charge in [-0.1, -0.05) is 12.1 Å². The summed E-state index contributed by atoms with van der Waals surface area (Å²) in [6, 6.07) is 5.38. The van der Waals surface area contributed by atoms with E-state index < -0.39 is 0 Å². The molecule has 7 heteroatoms. The average molecular weight is 236 g/mol. The Morgan fingerprint density at radius 1 is 1.41 bits per heavy atom. The van der Waals surface area contributed by atoms with Crippen molar-refractivity contribution in [2.24, 2.45) is 7.05 Å². The number of benzene rings is 1. The fourth-order valence-electron chi connectivity index (χ4n) is 1.60. The molecule has 0 amide bonds. The van der Waals surface area contributed by atoms with E-state index in [-0.39, 0.29) is 12.3 Å². The molecule has 1 aromatic heterocycles. The molecule has 0 aliphatic heterocycles. The van der Waals surface area contributed by atoms with Gasteiger partial charge in [0.15, 0.2) is 0 Å². The Morgan fingerprint density at radius 3 is 2.76 bits per heavy atom. The molecule has 0 aliphatic carbocycles. The molecule has 17 heavy (non-hydrogen) atoms. The molecule has 2 aromatic rings. The SMILES string of the molecule is Cc1cccc(-n2nnn(C)c2=O)c1COO. The van der Waals surface area contributed by atoms with Crippen LogP contribution < -0.4 is 5.69 Å². The first-order valence-electron chi connectivity index (χ1n) is 4.99. The Kier molecular flexibility index (Phi) is 3.03. The fraction of sp³-hybridized carbons (Fsp3) is 0.300. The van der Waals surface area contributed by atoms with E-state index in [2.05, 4.69) is 15.3 Å². The third-order valence-corrected chi connectivity index (χ3v) is 2.54. The van der Waals surface area contributed by atoms with Crippen LogP contribution in [-0.2, 0) is 18.5 Å². The van der Waals surface area contributed by atoms with E-state index in [0.29, 0.717) is 11.3 Å². The second-order valence-electron chi connectivity index (χ2n) is 3.64. The van der Waals surface area contributed by atoms with E-state index in [4.69, 9.17) is 5.26 Å². The second kappa shape index (κ2) is 4.48. The van der Waals surface area contributed by atoms with E-state index in [1.165, 1.54) is 11.7 Å². The Morgan fingerprint density at radius 2 is 2.18 bits per heavy atom. The number of tetrazole rings is 1. The van der Waals surface area contributed by atoms with Crippen molar-refractivity contribution in [1.29, 1.82) is 0 Å². The van der Waals surface area contributed by atoms with Crippen molar-refractivity contribution in [3.63, 3.8) is 0 Å². The van der Waals surface area contributed by atoms with Crippen LogP contribution in [0.4, 0.5) is 0 Å². The minimum Gasteiger partial charge on any atom is -0.251 e. The number of hydrogen-bond donors (Lipinski definition) is 1. The highest BCUT2D eigenvalue weighted by Crippen LogP contribution is 2.17. The van der Waals surface area contributed by atoms with Gasteiger partial charge in [0.05, 0.1) is 5.69 Å². The summed E-state index contributed by atoms with van der Waals surface area (Å²) in [6.07, 6.45) is 0. The van der Waals surface area contributed by atoms with Crippen LogP contribution in [-0.4, -0.2) is 25.0 Å². The van der Waals surface area contributed by atoms with Crippen LogP contribution in [0.25, 0.3) is 5.69 Å². The van der Waals surface area contributed by atoms with Crippen LogP contribution in [0.5, 0.6) is 0 Å². The van der Waals surface area contributed by atoms with Crippen molar-refractivity contribution >= 4 is 0 Å². The van der Waals surface area contributed by atoms with Gasteiger partial charge in [-0.2, -0.15) is 9.36 Å². The molecule has 0 fully saturated rings. The first-order chi connectivity index (χ1) is 8.15. The predicted octanol–water partition coefficient (Wildman–Crippen LogP) is 0.264. The maximum absolute atomic E-state index is 11.7. The van der Waals surface area contributed by atoms with Crippen LogP contribution in [0.3, 0.4) is 0 Å². The van der Waals surface area contributed by atoms with Crippen LogP contribution >= 0.6 is 0 Å². The summed E-state index contributed by atoms with van der Waals surface area (Å²) in [5, 5.41) is 15.9. The summed E-state index contributed by atoms with van der Waals surface area (Å²) >= 11 is 0. The molecular weight excluding hydrogens is 224 g/mol. The van der Waals surface area contributed by atoms with E-state index in [1.54, 1.807) is 12.1 Å². The largest absolute Gasteiger partial charge is 0.368 e. The Hall–Kier alpha value is -1.99. The van der Waals surface area contributed by atoms with Crippen molar-refractivity contribution < 1.29 is 10.1 Å². The molecule has 0 saturated heterocycles. The molecule has 1 aromatic carbocycles. The van der Waals surface area contributed by atoms with Gasteiger partial charge in [0.2, 0.25) is 0 Å². The lowest BCUT2D eigenvalue weighted by atomic mass is 10.1. The minimum absolute atomic E-state index is 0.00891. The van der Waals surface area contributed by atoms with Crippen LogP contribution in [0, 0.1) is 6.92 Å². The van der Waals surface area contributed by atoms with Crippen LogP contribution in [0.15, 0.2) is 23.0 Å². The van der Waals surface area contributed by atoms with Gasteiger partial charge in [0, 0.05) is 12.6 Å². The lowest BCUT2D eigenvalue weighted by Crippen LogP contribution is -2.23. The zero-order valence-corrected chi connectivity index (χ0v) is 9.49. The highest BCUT2D eigenvalue weighted by molar-refractivity contribution is 5.44. The van der Waals surface area contributed by atoms with Crippen LogP contribution in [0.1, 0.15) is 11.1 Å². The number of rotatable bonds is 3. The highest BCUT2D eigenvalue weighted by atomic mass is 17.1. The summed E-state index contributed by atoms with van der Waals surface area (Å²) in [7, 11) is 1.52. The van der Waals surface area contributed by atoms with Gasteiger partial charge in [-0.25, -0.2) is 9.68 Å². The lowest BCUT2D eigenvalue weighted by molar-refractivity contribution is -0.253. The molecule has 0 unspecified atom stereocenters. The van der Waals surface area contributed by atoms with Crippen molar-refractivity contribution in [1.82, 2.24) is 19.8 Å². The van der Waals surface area contributed by atoms with Crippen molar-refractivity contribution in [2.45, 2.75) is 13.5 Å². The minimum atomic E-state index is -0.352. The van der Waals surface area contributed by atoms with Crippen LogP contribution in [0.2, 0.25) is 0 Å². The molecule has 0 atom stereocenters. The molecule has 0 aliphatic rings. The van der Waals surface area contributed by atoms with E-state index in [1.807, 2.05) is 13.0 Å². The van der Waals surface area contributed by atoms with Gasteiger partial charge >= 0.3 is 5.69 Å². The molecule has 1 N–H and O–H groups in total. The summed E-state index contributed by atoms with van der Waals surface area (Å²) in [4.78, 5) is 15.9. The molecule has 0 saturated carbocycles. The summed E-state index contributed by atoms with van der Waals surface area (Å²) in [6.45, 7) is 1.85. The third-order valence-electron chi connectivity index (χ3n) is 2.54. The number of hydrogen-bond acceptors (Lipinski definition) is 5. The van der Waals surface area contributed by atoms with E-state index in [9.17, 15) is 4.79 Å². The molecule has 2 rings (SSSR count). The van der Waals surface area contributed by atoms with Gasteiger partial charge in [0.1, 0.15) is 6.61 Å². The zero-order chi connectivity index (χ0) is 12.4. The third kappa shape index (κ3) is 1.97. The van der Waals surface area contributed by atoms with Gasteiger partial charge in [-0.05, 0) is 29.0 Å². The molecule has 1 heterocycles. The van der Waals surface area contributed by atoms with Gasteiger partial charge in [-0.15, -0.1) is 0 Å². The molecule has 0 bridgehead atoms. The fourth-order valence-corrected chi connectivity index (χ4v) is 1.60. The number of aryl methyl sites for hydroxylation is 2. The van der Waals surface area contributed by atoms with Crippen molar-refractivity contribution in [3.8, 4) is 5.69 Å². The van der Waals surface area contributed by atoms with Gasteiger partial charge in [0.25, 0.3) is 0 Å². The summed E-state index contributed by atoms with van der Waals surface area (Å²) in [5.74, 6) is 0. The first-order valence-corrected chi connectivity index (χ1v) is 4.99. The predicted molar refractivity (Wildman–Crippen MR) is 58.8 cm³/mol. The molecule has 90 valence electrons. The maximum atomic E-state index is 11.7. The quantitative estimate of drug-likeness (QED) is 0.610. The van der Waals surface area contributed by atoms with E-state index in [0.717, 1.165) is 10.2 Å². The van der Waals surface area contributed by atoms with Gasteiger partial charge < -0.3 is 0 Å². The maximum Gasteiger partial charge on any atom is 0.368 e. The number of aromatic nitrogens is 4. The van der Waals surface area contributed by atoms with Crippen molar-refractivity contribution in [2.75, 3.05) is 0 Å². The molecule has 7 nitrogen and oxygen atoms in total. The average Bonchev–Trinajstić information content (AvgIpc) is 2.63. The highest BCUT2D eigenvalue weighted by Gasteiger charge is 2.12. The Bertz CT molecular complexity index is 587. The Labute approximate surface area is 96.8 Å². The number of nitrogens with zero attached hydrogens (tertiary/aromatic N) is 4. The smallest absolute Gasteiger partial charge is 0.251 e. The standard InChI is InChI=1S/C10H12N4O3/c1-7-4-3-5-9(8(7)6-17-16)14-10(15)13(2)11-12-14/h3-5,16H,6H2,1-2H3. The summed E-state index contributed by atoms with van der Waals surface area (Å²) in [5.41, 5.74) is 1.79. The van der Waals surface area contributed by atoms with Gasteiger partial charge in [-0.3, -0.25) is 5.26 Å². The van der Waals surface area contributed by atoms with E-state index >= 15 is 0 Å². The topological polar surface area (TPSA) is 82.2 Å².